The molecule has 0 aliphatic rings. The summed E-state index contributed by atoms with van der Waals surface area (Å²) in [5.74, 6) is -0.709. The highest BCUT2D eigenvalue weighted by Gasteiger charge is 2.22. The van der Waals surface area contributed by atoms with E-state index in [9.17, 15) is 14.7 Å². The van der Waals surface area contributed by atoms with Crippen LogP contribution >= 0.6 is 11.6 Å². The number of rotatable bonds is 11. The van der Waals surface area contributed by atoms with Gasteiger partial charge in [-0.3, -0.25) is 4.79 Å². The molecule has 178 valence electrons. The summed E-state index contributed by atoms with van der Waals surface area (Å²) in [7, 11) is 1.53. The van der Waals surface area contributed by atoms with Crippen molar-refractivity contribution in [3.8, 4) is 22.6 Å². The molecule has 3 aromatic rings. The van der Waals surface area contributed by atoms with Gasteiger partial charge in [0.1, 0.15) is 11.5 Å². The molecule has 0 saturated carbocycles. The zero-order chi connectivity index (χ0) is 24.5. The maximum atomic E-state index is 12.5. The van der Waals surface area contributed by atoms with Gasteiger partial charge in [-0.1, -0.05) is 54.1 Å². The highest BCUT2D eigenvalue weighted by molar-refractivity contribution is 6.30. The average molecular weight is 484 g/mol. The number of hydrogen-bond acceptors (Lipinski definition) is 5. The summed E-state index contributed by atoms with van der Waals surface area (Å²) < 4.78 is 10.6. The van der Waals surface area contributed by atoms with Crippen molar-refractivity contribution in [2.24, 2.45) is 0 Å². The van der Waals surface area contributed by atoms with Crippen LogP contribution in [0.25, 0.3) is 11.1 Å². The summed E-state index contributed by atoms with van der Waals surface area (Å²) in [6.45, 7) is -0.263. The van der Waals surface area contributed by atoms with E-state index in [4.69, 9.17) is 26.2 Å². The lowest BCUT2D eigenvalue weighted by atomic mass is 9.98. The summed E-state index contributed by atoms with van der Waals surface area (Å²) in [4.78, 5) is 23.6. The monoisotopic (exact) mass is 483 g/mol. The van der Waals surface area contributed by atoms with E-state index in [1.54, 1.807) is 30.3 Å². The largest absolute Gasteiger partial charge is 0.497 e. The number of nitrogens with one attached hydrogen (secondary N) is 1. The minimum Gasteiger partial charge on any atom is -0.497 e. The second-order valence-corrected chi connectivity index (χ2v) is 8.17. The second kappa shape index (κ2) is 12.1. The second-order valence-electron chi connectivity index (χ2n) is 7.73. The Kier molecular flexibility index (Phi) is 8.90. The van der Waals surface area contributed by atoms with Crippen LogP contribution in [0.2, 0.25) is 5.02 Å². The Hall–Kier alpha value is -3.55. The van der Waals surface area contributed by atoms with Crippen molar-refractivity contribution in [1.82, 2.24) is 5.32 Å². The number of hydrogen-bond donors (Lipinski definition) is 3. The Labute approximate surface area is 202 Å². The molecule has 0 aliphatic heterocycles. The molecular weight excluding hydrogens is 458 g/mol. The minimum absolute atomic E-state index is 0.143. The first-order valence-corrected chi connectivity index (χ1v) is 11.0. The van der Waals surface area contributed by atoms with Crippen molar-refractivity contribution in [3.05, 3.63) is 83.4 Å². The molecule has 0 heterocycles. The smallest absolute Gasteiger partial charge is 0.332 e. The van der Waals surface area contributed by atoms with Crippen LogP contribution in [-0.4, -0.2) is 48.0 Å². The van der Waals surface area contributed by atoms with Crippen LogP contribution in [0, 0.1) is 0 Å². The molecule has 3 rings (SSSR count). The Morgan fingerprint density at radius 2 is 1.68 bits per heavy atom. The number of aliphatic carboxylic acids is 1. The lowest BCUT2D eigenvalue weighted by Crippen LogP contribution is -2.42. The fourth-order valence-corrected chi connectivity index (χ4v) is 3.65. The predicted molar refractivity (Wildman–Crippen MR) is 129 cm³/mol. The van der Waals surface area contributed by atoms with Crippen LogP contribution in [0.4, 0.5) is 0 Å². The maximum Gasteiger partial charge on any atom is 0.332 e. The van der Waals surface area contributed by atoms with E-state index >= 15 is 0 Å². The van der Waals surface area contributed by atoms with Crippen molar-refractivity contribution < 1.29 is 29.3 Å². The number of carbonyl (C=O) groups is 2. The molecule has 1 amide bonds. The topological polar surface area (TPSA) is 105 Å². The van der Waals surface area contributed by atoms with Gasteiger partial charge in [0.2, 0.25) is 0 Å². The van der Waals surface area contributed by atoms with E-state index in [1.165, 1.54) is 7.11 Å². The standard InChI is InChI=1S/C26H26ClNO6/c1-33-22-6-3-7-23(15-22)34-16-25(30)28-21(14-24(29)26(31)32)12-17-8-10-18(11-9-17)19-4-2-5-20(27)13-19/h2-11,13,15,21,24,29H,12,14,16H2,1H3,(H,28,30)(H,31,32)/t21-,24-/m1/s1. The highest BCUT2D eigenvalue weighted by atomic mass is 35.5. The fourth-order valence-electron chi connectivity index (χ4n) is 3.46. The molecule has 7 nitrogen and oxygen atoms in total. The quantitative estimate of drug-likeness (QED) is 0.381. The van der Waals surface area contributed by atoms with Crippen molar-refractivity contribution >= 4 is 23.5 Å². The molecule has 2 atom stereocenters. The van der Waals surface area contributed by atoms with Gasteiger partial charge in [0.15, 0.2) is 12.7 Å². The fraction of sp³-hybridized carbons (Fsp3) is 0.231. The molecule has 0 fully saturated rings. The number of aliphatic hydroxyl groups is 1. The average Bonchev–Trinajstić information content (AvgIpc) is 2.83. The summed E-state index contributed by atoms with van der Waals surface area (Å²) >= 11 is 6.07. The van der Waals surface area contributed by atoms with Crippen LogP contribution in [0.1, 0.15) is 12.0 Å². The number of halogens is 1. The first-order valence-electron chi connectivity index (χ1n) is 10.7. The Balaban J connectivity index is 1.65. The Bertz CT molecular complexity index is 1120. The van der Waals surface area contributed by atoms with Crippen molar-refractivity contribution in [1.29, 1.82) is 0 Å². The molecule has 0 radical (unpaired) electrons. The molecular formula is C26H26ClNO6. The van der Waals surface area contributed by atoms with Crippen molar-refractivity contribution in [2.75, 3.05) is 13.7 Å². The van der Waals surface area contributed by atoms with Gasteiger partial charge in [-0.05, 0) is 47.4 Å². The van der Waals surface area contributed by atoms with Crippen LogP contribution < -0.4 is 14.8 Å². The normalized spacial score (nSPS) is 12.4. The third-order valence-electron chi connectivity index (χ3n) is 5.16. The zero-order valence-electron chi connectivity index (χ0n) is 18.6. The first-order chi connectivity index (χ1) is 16.3. The number of methoxy groups -OCH3 is 1. The molecule has 0 aromatic heterocycles. The van der Waals surface area contributed by atoms with Gasteiger partial charge in [0.25, 0.3) is 5.91 Å². The van der Waals surface area contributed by atoms with E-state index < -0.39 is 24.0 Å². The van der Waals surface area contributed by atoms with E-state index in [2.05, 4.69) is 5.32 Å². The number of carbonyl (C=O) groups excluding carboxylic acids is 1. The molecule has 0 aliphatic carbocycles. The van der Waals surface area contributed by atoms with Crippen LogP contribution in [0.5, 0.6) is 11.5 Å². The van der Waals surface area contributed by atoms with E-state index in [0.29, 0.717) is 22.9 Å². The van der Waals surface area contributed by atoms with Gasteiger partial charge in [-0.15, -0.1) is 0 Å². The summed E-state index contributed by atoms with van der Waals surface area (Å²) in [6.07, 6.45) is -1.41. The maximum absolute atomic E-state index is 12.5. The van der Waals surface area contributed by atoms with E-state index in [1.807, 2.05) is 42.5 Å². The predicted octanol–water partition coefficient (Wildman–Crippen LogP) is 3.96. The highest BCUT2D eigenvalue weighted by Crippen LogP contribution is 2.23. The van der Waals surface area contributed by atoms with E-state index in [0.717, 1.165) is 16.7 Å². The van der Waals surface area contributed by atoms with Gasteiger partial charge >= 0.3 is 5.97 Å². The number of amides is 1. The Morgan fingerprint density at radius 1 is 0.971 bits per heavy atom. The lowest BCUT2D eigenvalue weighted by Gasteiger charge is -2.21. The molecule has 34 heavy (non-hydrogen) atoms. The van der Waals surface area contributed by atoms with Gasteiger partial charge in [-0.2, -0.15) is 0 Å². The SMILES string of the molecule is COc1cccc(OCC(=O)N[C@H](Cc2ccc(-c3cccc(Cl)c3)cc2)C[C@@H](O)C(=O)O)c1. The molecule has 0 unspecified atom stereocenters. The first kappa shape index (κ1) is 25.1. The summed E-state index contributed by atoms with van der Waals surface area (Å²) in [5, 5.41) is 22.4. The molecule has 3 N–H and O–H groups in total. The molecule has 0 spiro atoms. The van der Waals surface area contributed by atoms with Gasteiger partial charge in [0.05, 0.1) is 7.11 Å². The Morgan fingerprint density at radius 3 is 2.35 bits per heavy atom. The zero-order valence-corrected chi connectivity index (χ0v) is 19.4. The third-order valence-corrected chi connectivity index (χ3v) is 5.40. The molecule has 0 bridgehead atoms. The van der Waals surface area contributed by atoms with Crippen LogP contribution in [-0.2, 0) is 16.0 Å². The van der Waals surface area contributed by atoms with Crippen molar-refractivity contribution in [3.63, 3.8) is 0 Å². The van der Waals surface area contributed by atoms with Crippen LogP contribution in [0.15, 0.2) is 72.8 Å². The lowest BCUT2D eigenvalue weighted by molar-refractivity contribution is -0.147. The number of carboxylic acid groups (broad SMARTS) is 1. The number of carboxylic acids is 1. The van der Waals surface area contributed by atoms with Crippen molar-refractivity contribution in [2.45, 2.75) is 25.0 Å². The minimum atomic E-state index is -1.60. The number of ether oxygens (including phenoxy) is 2. The molecule has 8 heteroatoms. The summed E-state index contributed by atoms with van der Waals surface area (Å²) in [6, 6.07) is 21.4. The summed E-state index contributed by atoms with van der Waals surface area (Å²) in [5.41, 5.74) is 2.83. The van der Waals surface area contributed by atoms with Gasteiger partial charge in [-0.25, -0.2) is 4.79 Å². The molecule has 0 saturated heterocycles. The van der Waals surface area contributed by atoms with E-state index in [-0.39, 0.29) is 13.0 Å². The molecule has 3 aromatic carbocycles. The number of benzene rings is 3. The number of aliphatic hydroxyl groups excluding tert-OH is 1. The van der Waals surface area contributed by atoms with Gasteiger partial charge in [0, 0.05) is 23.6 Å². The van der Waals surface area contributed by atoms with Gasteiger partial charge < -0.3 is 25.0 Å². The van der Waals surface area contributed by atoms with Crippen LogP contribution in [0.3, 0.4) is 0 Å². The third kappa shape index (κ3) is 7.50.